The van der Waals surface area contributed by atoms with Gasteiger partial charge in [-0.25, -0.2) is 0 Å². The van der Waals surface area contributed by atoms with Gasteiger partial charge < -0.3 is 20.1 Å². The number of hydrogen-bond acceptors (Lipinski definition) is 6. The summed E-state index contributed by atoms with van der Waals surface area (Å²) in [4.78, 5) is 12.1. The van der Waals surface area contributed by atoms with Gasteiger partial charge in [-0.15, -0.1) is 0 Å². The van der Waals surface area contributed by atoms with Gasteiger partial charge in [-0.2, -0.15) is 11.8 Å². The van der Waals surface area contributed by atoms with Crippen LogP contribution in [0.2, 0.25) is 0 Å². The molecule has 0 aliphatic heterocycles. The van der Waals surface area contributed by atoms with Crippen molar-refractivity contribution in [1.82, 2.24) is 0 Å². The second-order valence-electron chi connectivity index (χ2n) is 9.10. The van der Waals surface area contributed by atoms with Gasteiger partial charge in [-0.1, -0.05) is 57.6 Å². The lowest BCUT2D eigenvalue weighted by Gasteiger charge is -2.27. The normalized spacial score (nSPS) is 22.2. The minimum absolute atomic E-state index is 0.274. The average Bonchev–Trinajstić information content (AvgIpc) is 3.18. The summed E-state index contributed by atoms with van der Waals surface area (Å²) in [6.45, 7) is 3.94. The predicted octanol–water partition coefficient (Wildman–Crippen LogP) is 5.07. The molecular weight excluding hydrogens is 412 g/mol. The third-order valence-electron chi connectivity index (χ3n) is 6.39. The molecule has 0 radical (unpaired) electrons. The predicted molar refractivity (Wildman–Crippen MR) is 129 cm³/mol. The maximum absolute atomic E-state index is 12.1. The fourth-order valence-electron chi connectivity index (χ4n) is 4.62. The molecule has 1 rings (SSSR count). The van der Waals surface area contributed by atoms with Crippen LogP contribution in [0.5, 0.6) is 0 Å². The van der Waals surface area contributed by atoms with Crippen LogP contribution >= 0.6 is 11.8 Å². The molecule has 0 aromatic rings. The van der Waals surface area contributed by atoms with E-state index in [-0.39, 0.29) is 5.25 Å². The number of methoxy groups -OCH3 is 1. The minimum atomic E-state index is -1.75. The summed E-state index contributed by atoms with van der Waals surface area (Å²) in [6, 6.07) is 0. The molecule has 3 unspecified atom stereocenters. The summed E-state index contributed by atoms with van der Waals surface area (Å²) in [7, 11) is 1.27. The maximum atomic E-state index is 12.1. The Balaban J connectivity index is 2.47. The monoisotopic (exact) mass is 458 g/mol. The zero-order valence-corrected chi connectivity index (χ0v) is 20.7. The number of thioether (sulfide) groups is 1. The highest BCUT2D eigenvalue weighted by atomic mass is 32.2. The van der Waals surface area contributed by atoms with E-state index in [2.05, 4.69) is 19.1 Å². The van der Waals surface area contributed by atoms with E-state index in [0.29, 0.717) is 18.1 Å². The van der Waals surface area contributed by atoms with Gasteiger partial charge in [0.1, 0.15) is 5.92 Å². The molecule has 6 heteroatoms. The molecule has 3 N–H and O–H groups in total. The van der Waals surface area contributed by atoms with Crippen LogP contribution in [0.25, 0.3) is 0 Å². The standard InChI is InChI=1S/C25H46O5S/c1-4-5-6-7-8-9-13-20-15-12-16-21(20)14-10-11-17-22(31-18-19(2)26)23(24(27)28)25(29)30-3/h9,13,19-24,26-28H,4-8,10-12,14-18H2,1-3H3/t19?,20-,21-,22?,23?/m0/s1. The van der Waals surface area contributed by atoms with E-state index >= 15 is 0 Å². The Labute approximate surface area is 194 Å². The zero-order valence-electron chi connectivity index (χ0n) is 19.9. The van der Waals surface area contributed by atoms with Crippen LogP contribution < -0.4 is 0 Å². The van der Waals surface area contributed by atoms with Gasteiger partial charge in [0.25, 0.3) is 0 Å². The Kier molecular flexibility index (Phi) is 15.6. The third-order valence-corrected chi connectivity index (χ3v) is 8.02. The summed E-state index contributed by atoms with van der Waals surface area (Å²) in [5, 5.41) is 28.8. The lowest BCUT2D eigenvalue weighted by atomic mass is 9.89. The molecule has 0 heterocycles. The Hall–Kier alpha value is -0.560. The van der Waals surface area contributed by atoms with Crippen LogP contribution in [0.15, 0.2) is 12.2 Å². The molecular formula is C25H46O5S. The molecule has 1 fully saturated rings. The summed E-state index contributed by atoms with van der Waals surface area (Å²) in [6.07, 6.45) is 16.8. The van der Waals surface area contributed by atoms with Crippen molar-refractivity contribution in [3.63, 3.8) is 0 Å². The molecule has 0 aromatic carbocycles. The molecule has 5 atom stereocenters. The number of hydrogen-bond donors (Lipinski definition) is 3. The van der Waals surface area contributed by atoms with Crippen molar-refractivity contribution in [1.29, 1.82) is 0 Å². The van der Waals surface area contributed by atoms with Crippen molar-refractivity contribution in [3.05, 3.63) is 12.2 Å². The van der Waals surface area contributed by atoms with E-state index in [1.807, 2.05) is 0 Å². The van der Waals surface area contributed by atoms with Crippen molar-refractivity contribution in [2.45, 2.75) is 109 Å². The van der Waals surface area contributed by atoms with Gasteiger partial charge in [-0.05, 0) is 57.3 Å². The number of rotatable bonds is 17. The topological polar surface area (TPSA) is 87.0 Å². The van der Waals surface area contributed by atoms with Gasteiger partial charge in [-0.3, -0.25) is 4.79 Å². The highest BCUT2D eigenvalue weighted by Crippen LogP contribution is 2.37. The quantitative estimate of drug-likeness (QED) is 0.122. The van der Waals surface area contributed by atoms with Gasteiger partial charge >= 0.3 is 5.97 Å². The fourth-order valence-corrected chi connectivity index (χ4v) is 5.94. The molecule has 5 nitrogen and oxygen atoms in total. The van der Waals surface area contributed by atoms with Crippen LogP contribution in [0.1, 0.15) is 90.9 Å². The molecule has 0 amide bonds. The number of carbonyl (C=O) groups is 1. The minimum Gasteiger partial charge on any atom is -0.469 e. The van der Waals surface area contributed by atoms with Crippen LogP contribution in [-0.4, -0.2) is 51.8 Å². The number of ether oxygens (including phenoxy) is 1. The van der Waals surface area contributed by atoms with E-state index in [1.165, 1.54) is 76.7 Å². The lowest BCUT2D eigenvalue weighted by Crippen LogP contribution is -2.38. The van der Waals surface area contributed by atoms with E-state index in [1.54, 1.807) is 6.92 Å². The van der Waals surface area contributed by atoms with Gasteiger partial charge in [0, 0.05) is 11.0 Å². The van der Waals surface area contributed by atoms with Crippen LogP contribution in [0, 0.1) is 17.8 Å². The van der Waals surface area contributed by atoms with E-state index in [9.17, 15) is 20.1 Å². The van der Waals surface area contributed by atoms with Crippen molar-refractivity contribution in [2.75, 3.05) is 12.9 Å². The number of aliphatic hydroxyl groups excluding tert-OH is 2. The van der Waals surface area contributed by atoms with E-state index < -0.39 is 24.3 Å². The second kappa shape index (κ2) is 17.0. The molecule has 1 aliphatic rings. The van der Waals surface area contributed by atoms with Crippen molar-refractivity contribution >= 4 is 17.7 Å². The maximum Gasteiger partial charge on any atom is 0.314 e. The van der Waals surface area contributed by atoms with E-state index in [4.69, 9.17) is 4.74 Å². The third kappa shape index (κ3) is 11.7. The molecule has 0 saturated heterocycles. The number of carbonyl (C=O) groups excluding carboxylic acids is 1. The zero-order chi connectivity index (χ0) is 23.1. The van der Waals surface area contributed by atoms with Gasteiger partial charge in [0.2, 0.25) is 0 Å². The van der Waals surface area contributed by atoms with Crippen molar-refractivity contribution < 1.29 is 24.9 Å². The first-order valence-electron chi connectivity index (χ1n) is 12.3. The Bertz CT molecular complexity index is 494. The van der Waals surface area contributed by atoms with Crippen LogP contribution in [0.4, 0.5) is 0 Å². The van der Waals surface area contributed by atoms with E-state index in [0.717, 1.165) is 18.8 Å². The first-order valence-corrected chi connectivity index (χ1v) is 13.4. The number of allylic oxidation sites excluding steroid dienone is 2. The molecule has 1 aliphatic carbocycles. The van der Waals surface area contributed by atoms with Crippen molar-refractivity contribution in [3.8, 4) is 0 Å². The molecule has 0 aromatic heterocycles. The smallest absolute Gasteiger partial charge is 0.314 e. The Morgan fingerprint density at radius 1 is 1.13 bits per heavy atom. The Morgan fingerprint density at radius 3 is 2.55 bits per heavy atom. The molecule has 31 heavy (non-hydrogen) atoms. The molecule has 182 valence electrons. The van der Waals surface area contributed by atoms with Gasteiger partial charge in [0.15, 0.2) is 6.29 Å². The Morgan fingerprint density at radius 2 is 1.90 bits per heavy atom. The molecule has 0 bridgehead atoms. The average molecular weight is 459 g/mol. The van der Waals surface area contributed by atoms with Gasteiger partial charge in [0.05, 0.1) is 13.2 Å². The summed E-state index contributed by atoms with van der Waals surface area (Å²) < 4.78 is 4.79. The summed E-state index contributed by atoms with van der Waals surface area (Å²) >= 11 is 1.43. The van der Waals surface area contributed by atoms with Crippen LogP contribution in [0.3, 0.4) is 0 Å². The SMILES string of the molecule is CCCCCCC=C[C@H]1CCC[C@@H]1CCCCC(SCC(C)O)C(C(=O)OC)C(O)O. The summed E-state index contributed by atoms with van der Waals surface area (Å²) in [5.41, 5.74) is 0. The fraction of sp³-hybridized carbons (Fsp3) is 0.880. The number of unbranched alkanes of at least 4 members (excludes halogenated alkanes) is 5. The highest BCUT2D eigenvalue weighted by molar-refractivity contribution is 8.00. The number of aliphatic hydroxyl groups is 3. The first kappa shape index (κ1) is 28.5. The van der Waals surface area contributed by atoms with Crippen molar-refractivity contribution in [2.24, 2.45) is 17.8 Å². The second-order valence-corrected chi connectivity index (χ2v) is 10.4. The molecule has 0 spiro atoms. The van der Waals surface area contributed by atoms with Crippen LogP contribution in [-0.2, 0) is 9.53 Å². The lowest BCUT2D eigenvalue weighted by molar-refractivity contribution is -0.162. The first-order chi connectivity index (χ1) is 14.9. The number of esters is 1. The summed E-state index contributed by atoms with van der Waals surface area (Å²) in [5.74, 6) is 0.323. The largest absolute Gasteiger partial charge is 0.469 e. The molecule has 1 saturated carbocycles. The highest BCUT2D eigenvalue weighted by Gasteiger charge is 2.35.